The summed E-state index contributed by atoms with van der Waals surface area (Å²) >= 11 is 0. The molecule has 0 aliphatic heterocycles. The van der Waals surface area contributed by atoms with Gasteiger partial charge in [-0.15, -0.1) is 0 Å². The van der Waals surface area contributed by atoms with Crippen LogP contribution in [0.1, 0.15) is 19.4 Å². The minimum Gasteiger partial charge on any atom is -0.382 e. The summed E-state index contributed by atoms with van der Waals surface area (Å²) in [5.74, 6) is 0. The lowest BCUT2D eigenvalue weighted by Gasteiger charge is -2.15. The first kappa shape index (κ1) is 13.4. The highest BCUT2D eigenvalue weighted by molar-refractivity contribution is 5.97. The van der Waals surface area contributed by atoms with Gasteiger partial charge in [0.2, 0.25) is 0 Å². The second-order valence-electron chi connectivity index (χ2n) is 4.46. The second-order valence-corrected chi connectivity index (χ2v) is 4.46. The molecule has 0 bridgehead atoms. The van der Waals surface area contributed by atoms with Gasteiger partial charge in [-0.05, 0) is 26.0 Å². The third kappa shape index (κ3) is 3.04. The number of nitrogens with one attached hydrogen (secondary N) is 1. The maximum atomic E-state index is 9.12. The molecule has 0 spiro atoms. The van der Waals surface area contributed by atoms with Gasteiger partial charge in [-0.3, -0.25) is 0 Å². The third-order valence-corrected chi connectivity index (χ3v) is 3.08. The van der Waals surface area contributed by atoms with E-state index in [4.69, 9.17) is 10.00 Å². The maximum absolute atomic E-state index is 9.12. The molecule has 0 heterocycles. The summed E-state index contributed by atoms with van der Waals surface area (Å²) in [6.07, 6.45) is 0.166. The van der Waals surface area contributed by atoms with Crippen molar-refractivity contribution in [3.8, 4) is 6.07 Å². The lowest BCUT2D eigenvalue weighted by Crippen LogP contribution is -2.19. The van der Waals surface area contributed by atoms with E-state index in [1.54, 1.807) is 0 Å². The molecular weight excluding hydrogens is 236 g/mol. The van der Waals surface area contributed by atoms with Crippen LogP contribution in [0.5, 0.6) is 0 Å². The van der Waals surface area contributed by atoms with Crippen LogP contribution in [0.2, 0.25) is 0 Å². The molecule has 1 N–H and O–H groups in total. The van der Waals surface area contributed by atoms with Crippen molar-refractivity contribution in [1.29, 1.82) is 5.26 Å². The highest BCUT2D eigenvalue weighted by atomic mass is 16.5. The Balaban J connectivity index is 2.27. The molecule has 2 aromatic carbocycles. The Morgan fingerprint density at radius 3 is 2.63 bits per heavy atom. The van der Waals surface area contributed by atoms with Crippen molar-refractivity contribution in [2.24, 2.45) is 0 Å². The van der Waals surface area contributed by atoms with Crippen LogP contribution in [-0.4, -0.2) is 19.3 Å². The average molecular weight is 254 g/mol. The molecule has 1 atom stereocenters. The number of hydrogen-bond acceptors (Lipinski definition) is 3. The lowest BCUT2D eigenvalue weighted by molar-refractivity contribution is 0.0855. The minimum absolute atomic E-state index is 0.166. The molecule has 0 radical (unpaired) electrons. The first-order valence-corrected chi connectivity index (χ1v) is 6.53. The largest absolute Gasteiger partial charge is 0.382 e. The van der Waals surface area contributed by atoms with Crippen LogP contribution in [0.3, 0.4) is 0 Å². The van der Waals surface area contributed by atoms with Gasteiger partial charge in [0.1, 0.15) is 0 Å². The highest BCUT2D eigenvalue weighted by Crippen LogP contribution is 2.26. The van der Waals surface area contributed by atoms with Gasteiger partial charge in [-0.2, -0.15) is 5.26 Å². The Hall–Kier alpha value is -2.05. The number of fused-ring (bicyclic) bond motifs is 1. The summed E-state index contributed by atoms with van der Waals surface area (Å²) in [5.41, 5.74) is 1.75. The van der Waals surface area contributed by atoms with Crippen LogP contribution in [0.15, 0.2) is 36.4 Å². The summed E-state index contributed by atoms with van der Waals surface area (Å²) in [6, 6.07) is 14.0. The first-order valence-electron chi connectivity index (χ1n) is 6.53. The van der Waals surface area contributed by atoms with E-state index in [9.17, 15) is 0 Å². The van der Waals surface area contributed by atoms with Crippen molar-refractivity contribution in [2.75, 3.05) is 18.5 Å². The zero-order valence-corrected chi connectivity index (χ0v) is 11.3. The quantitative estimate of drug-likeness (QED) is 0.887. The van der Waals surface area contributed by atoms with E-state index in [0.717, 1.165) is 29.6 Å². The topological polar surface area (TPSA) is 45.0 Å². The highest BCUT2D eigenvalue weighted by Gasteiger charge is 2.06. The molecule has 0 fully saturated rings. The molecule has 2 rings (SSSR count). The fraction of sp³-hybridized carbons (Fsp3) is 0.312. The number of ether oxygens (including phenoxy) is 1. The van der Waals surface area contributed by atoms with Crippen LogP contribution in [0, 0.1) is 11.3 Å². The van der Waals surface area contributed by atoms with E-state index in [0.29, 0.717) is 5.56 Å². The number of nitriles is 1. The SMILES string of the molecule is CCOC(C)CNc1ccc(C#N)c2ccccc12. The molecular formula is C16H18N2O. The van der Waals surface area contributed by atoms with Crippen molar-refractivity contribution < 1.29 is 4.74 Å². The molecule has 3 nitrogen and oxygen atoms in total. The van der Waals surface area contributed by atoms with E-state index in [-0.39, 0.29) is 6.10 Å². The zero-order chi connectivity index (χ0) is 13.7. The van der Waals surface area contributed by atoms with Crippen LogP contribution in [0.4, 0.5) is 5.69 Å². The molecule has 3 heteroatoms. The molecule has 0 aliphatic rings. The van der Waals surface area contributed by atoms with Crippen molar-refractivity contribution in [3.63, 3.8) is 0 Å². The Morgan fingerprint density at radius 1 is 1.21 bits per heavy atom. The molecule has 0 aliphatic carbocycles. The van der Waals surface area contributed by atoms with Crippen LogP contribution in [0.25, 0.3) is 10.8 Å². The Labute approximate surface area is 113 Å². The van der Waals surface area contributed by atoms with Crippen molar-refractivity contribution in [1.82, 2.24) is 0 Å². The summed E-state index contributed by atoms with van der Waals surface area (Å²) in [5, 5.41) is 14.6. The van der Waals surface area contributed by atoms with E-state index in [1.807, 2.05) is 50.2 Å². The van der Waals surface area contributed by atoms with Gasteiger partial charge in [0, 0.05) is 29.6 Å². The number of nitrogens with zero attached hydrogens (tertiary/aromatic N) is 1. The smallest absolute Gasteiger partial charge is 0.0998 e. The number of hydrogen-bond donors (Lipinski definition) is 1. The molecule has 0 amide bonds. The molecule has 0 aromatic heterocycles. The fourth-order valence-corrected chi connectivity index (χ4v) is 2.15. The van der Waals surface area contributed by atoms with Gasteiger partial charge in [0.25, 0.3) is 0 Å². The Kier molecular flexibility index (Phi) is 4.38. The summed E-state index contributed by atoms with van der Waals surface area (Å²) < 4.78 is 5.51. The number of anilines is 1. The van der Waals surface area contributed by atoms with E-state index < -0.39 is 0 Å². The van der Waals surface area contributed by atoms with E-state index >= 15 is 0 Å². The predicted octanol–water partition coefficient (Wildman–Crippen LogP) is 3.55. The van der Waals surface area contributed by atoms with Gasteiger partial charge in [-0.1, -0.05) is 24.3 Å². The van der Waals surface area contributed by atoms with Gasteiger partial charge < -0.3 is 10.1 Å². The van der Waals surface area contributed by atoms with E-state index in [1.165, 1.54) is 0 Å². The number of benzene rings is 2. The van der Waals surface area contributed by atoms with Crippen LogP contribution >= 0.6 is 0 Å². The summed E-state index contributed by atoms with van der Waals surface area (Å²) in [7, 11) is 0. The first-order chi connectivity index (χ1) is 9.26. The Bertz CT molecular complexity index is 601. The molecule has 1 unspecified atom stereocenters. The molecule has 0 saturated carbocycles. The van der Waals surface area contributed by atoms with Crippen molar-refractivity contribution in [2.45, 2.75) is 20.0 Å². The normalized spacial score (nSPS) is 12.1. The van der Waals surface area contributed by atoms with Gasteiger partial charge in [-0.25, -0.2) is 0 Å². The summed E-state index contributed by atoms with van der Waals surface area (Å²) in [4.78, 5) is 0. The molecule has 2 aromatic rings. The third-order valence-electron chi connectivity index (χ3n) is 3.08. The predicted molar refractivity (Wildman–Crippen MR) is 78.2 cm³/mol. The number of rotatable bonds is 5. The van der Waals surface area contributed by atoms with Crippen molar-refractivity contribution >= 4 is 16.5 Å². The molecule has 19 heavy (non-hydrogen) atoms. The van der Waals surface area contributed by atoms with Gasteiger partial charge in [0.05, 0.1) is 17.7 Å². The lowest BCUT2D eigenvalue weighted by atomic mass is 10.0. The molecule has 0 saturated heterocycles. The van der Waals surface area contributed by atoms with Crippen molar-refractivity contribution in [3.05, 3.63) is 42.0 Å². The zero-order valence-electron chi connectivity index (χ0n) is 11.3. The fourth-order valence-electron chi connectivity index (χ4n) is 2.15. The van der Waals surface area contributed by atoms with Crippen LogP contribution < -0.4 is 5.32 Å². The molecule has 98 valence electrons. The summed E-state index contributed by atoms with van der Waals surface area (Å²) in [6.45, 7) is 5.51. The van der Waals surface area contributed by atoms with E-state index in [2.05, 4.69) is 11.4 Å². The van der Waals surface area contributed by atoms with Gasteiger partial charge >= 0.3 is 0 Å². The maximum Gasteiger partial charge on any atom is 0.0998 e. The average Bonchev–Trinajstić information content (AvgIpc) is 2.45. The van der Waals surface area contributed by atoms with Gasteiger partial charge in [0.15, 0.2) is 0 Å². The standard InChI is InChI=1S/C16H18N2O/c1-3-19-12(2)11-18-16-9-8-13(10-17)14-6-4-5-7-15(14)16/h4-9,12,18H,3,11H2,1-2H3. The van der Waals surface area contributed by atoms with Crippen LogP contribution in [-0.2, 0) is 4.74 Å². The minimum atomic E-state index is 0.166. The second kappa shape index (κ2) is 6.21. The Morgan fingerprint density at radius 2 is 1.95 bits per heavy atom. The monoisotopic (exact) mass is 254 g/mol.